The van der Waals surface area contributed by atoms with E-state index in [4.69, 9.17) is 0 Å². The van der Waals surface area contributed by atoms with E-state index in [1.54, 1.807) is 4.90 Å². The predicted molar refractivity (Wildman–Crippen MR) is 184 cm³/mol. The highest BCUT2D eigenvalue weighted by Gasteiger charge is 2.47. The summed E-state index contributed by atoms with van der Waals surface area (Å²) in [7, 11) is 0. The van der Waals surface area contributed by atoms with Gasteiger partial charge in [0.25, 0.3) is 5.91 Å². The third kappa shape index (κ3) is 10.3. The summed E-state index contributed by atoms with van der Waals surface area (Å²) in [6.45, 7) is 15.3. The van der Waals surface area contributed by atoms with Crippen LogP contribution in [0, 0.1) is 23.2 Å². The summed E-state index contributed by atoms with van der Waals surface area (Å²) in [4.78, 5) is 95.0. The molecular weight excluding hydrogens is 630 g/mol. The van der Waals surface area contributed by atoms with Crippen LogP contribution in [-0.4, -0.2) is 102 Å². The van der Waals surface area contributed by atoms with E-state index in [1.165, 1.54) is 6.08 Å². The molecular formula is C35H57N7O7. The Bertz CT molecular complexity index is 1240. The second kappa shape index (κ2) is 17.6. The largest absolute Gasteiger partial charge is 0.346 e. The number of ketones is 1. The van der Waals surface area contributed by atoms with Crippen LogP contribution in [0.1, 0.15) is 92.9 Å². The summed E-state index contributed by atoms with van der Waals surface area (Å²) in [6.07, 6.45) is 7.12. The first-order valence-electron chi connectivity index (χ1n) is 17.8. The lowest BCUT2D eigenvalue weighted by Gasteiger charge is -2.37. The Morgan fingerprint density at radius 2 is 1.67 bits per heavy atom. The SMILES string of the molecule is C=CCNC(=O)C(=O)C(CCC)NC(=O)[C@@H]1[C@@H](C(C)C)CCN1C(=O)[C@@H](NC(=O)N[C@H](CN1C(=O)CNC1=O)C(C)(C)C)C1CCCCC1. The molecule has 0 radical (unpaired) electrons. The summed E-state index contributed by atoms with van der Waals surface area (Å²) in [5.74, 6) is -3.14. The number of hydrogen-bond donors (Lipinski definition) is 5. The molecule has 8 amide bonds. The van der Waals surface area contributed by atoms with Gasteiger partial charge in [-0.15, -0.1) is 6.58 Å². The highest BCUT2D eigenvalue weighted by Crippen LogP contribution is 2.34. The molecule has 5 N–H and O–H groups in total. The van der Waals surface area contributed by atoms with Gasteiger partial charge in [-0.05, 0) is 48.9 Å². The third-order valence-corrected chi connectivity index (χ3v) is 10.0. The van der Waals surface area contributed by atoms with Gasteiger partial charge in [0, 0.05) is 13.1 Å². The Hall–Kier alpha value is -3.97. The zero-order valence-corrected chi connectivity index (χ0v) is 30.1. The smallest absolute Gasteiger partial charge is 0.324 e. The van der Waals surface area contributed by atoms with E-state index in [-0.39, 0.29) is 55.6 Å². The van der Waals surface area contributed by atoms with Gasteiger partial charge in [-0.2, -0.15) is 0 Å². The van der Waals surface area contributed by atoms with Gasteiger partial charge in [0.15, 0.2) is 0 Å². The maximum atomic E-state index is 14.5. The molecule has 1 aliphatic carbocycles. The molecule has 3 rings (SSSR count). The van der Waals surface area contributed by atoms with Crippen LogP contribution < -0.4 is 26.6 Å². The molecule has 5 atom stereocenters. The van der Waals surface area contributed by atoms with Crippen LogP contribution in [0.5, 0.6) is 0 Å². The molecule has 2 saturated heterocycles. The minimum absolute atomic E-state index is 0.0304. The topological polar surface area (TPSA) is 186 Å². The van der Waals surface area contributed by atoms with Crippen molar-refractivity contribution >= 4 is 41.5 Å². The van der Waals surface area contributed by atoms with Gasteiger partial charge in [0.2, 0.25) is 23.5 Å². The molecule has 2 heterocycles. The zero-order chi connectivity index (χ0) is 36.5. The summed E-state index contributed by atoms with van der Waals surface area (Å²) in [6, 6.07) is -4.60. The minimum atomic E-state index is -1.05. The van der Waals surface area contributed by atoms with E-state index < -0.39 is 59.2 Å². The number of hydrogen-bond acceptors (Lipinski definition) is 7. The van der Waals surface area contributed by atoms with Crippen molar-refractivity contribution in [3.05, 3.63) is 12.7 Å². The van der Waals surface area contributed by atoms with Crippen molar-refractivity contribution in [3.8, 4) is 0 Å². The number of nitrogens with one attached hydrogen (secondary N) is 5. The van der Waals surface area contributed by atoms with Gasteiger partial charge >= 0.3 is 12.1 Å². The third-order valence-electron chi connectivity index (χ3n) is 10.0. The molecule has 274 valence electrons. The second-order valence-corrected chi connectivity index (χ2v) is 15.0. The number of imide groups is 1. The molecule has 1 unspecified atom stereocenters. The first kappa shape index (κ1) is 39.5. The van der Waals surface area contributed by atoms with Crippen molar-refractivity contribution in [1.29, 1.82) is 0 Å². The van der Waals surface area contributed by atoms with E-state index in [0.717, 1.165) is 37.0 Å². The van der Waals surface area contributed by atoms with E-state index in [2.05, 4.69) is 33.2 Å². The van der Waals surface area contributed by atoms with Gasteiger partial charge in [-0.1, -0.05) is 73.3 Å². The van der Waals surface area contributed by atoms with Crippen LogP contribution in [0.2, 0.25) is 0 Å². The Balaban J connectivity index is 1.86. The van der Waals surface area contributed by atoms with Gasteiger partial charge < -0.3 is 31.5 Å². The molecule has 3 fully saturated rings. The Labute approximate surface area is 290 Å². The molecule has 3 aliphatic rings. The quantitative estimate of drug-likeness (QED) is 0.0993. The van der Waals surface area contributed by atoms with Gasteiger partial charge in [0.05, 0.1) is 25.2 Å². The lowest BCUT2D eigenvalue weighted by molar-refractivity contribution is -0.144. The van der Waals surface area contributed by atoms with E-state index in [0.29, 0.717) is 19.4 Å². The Morgan fingerprint density at radius 1 is 1.00 bits per heavy atom. The second-order valence-electron chi connectivity index (χ2n) is 15.0. The van der Waals surface area contributed by atoms with Crippen LogP contribution in [0.25, 0.3) is 0 Å². The summed E-state index contributed by atoms with van der Waals surface area (Å²) in [5, 5.41) is 13.6. The van der Waals surface area contributed by atoms with Crippen molar-refractivity contribution < 1.29 is 33.6 Å². The first-order chi connectivity index (χ1) is 23.1. The van der Waals surface area contributed by atoms with Crippen LogP contribution in [0.4, 0.5) is 9.59 Å². The van der Waals surface area contributed by atoms with Crippen molar-refractivity contribution in [2.45, 2.75) is 117 Å². The maximum Gasteiger partial charge on any atom is 0.324 e. The highest BCUT2D eigenvalue weighted by molar-refractivity contribution is 6.38. The number of Topliss-reactive ketones (excluding diaryl/α,β-unsaturated/α-hetero) is 1. The molecule has 14 heteroatoms. The molecule has 0 aromatic carbocycles. The molecule has 1 saturated carbocycles. The number of carbonyl (C=O) groups is 7. The summed E-state index contributed by atoms with van der Waals surface area (Å²) >= 11 is 0. The van der Waals surface area contributed by atoms with Crippen molar-refractivity contribution in [1.82, 2.24) is 36.4 Å². The van der Waals surface area contributed by atoms with E-state index >= 15 is 0 Å². The van der Waals surface area contributed by atoms with Crippen molar-refractivity contribution in [2.75, 3.05) is 26.2 Å². The standard InChI is InChI=1S/C35H57N7O7/c1-8-13-24(29(44)31(46)36-17-9-2)38-30(45)28-23(21(3)4)16-18-41(28)32(47)27(22-14-11-10-12-15-22)40-33(48)39-25(35(5,6)7)20-42-26(43)19-37-34(42)49/h9,21-25,27-28H,2,8,10-20H2,1,3-7H3,(H,36,46)(H,37,49)(H,38,45)(H2,39,40,48)/t23-,24?,25-,27+,28+/m1/s1. The molecule has 0 aromatic rings. The highest BCUT2D eigenvalue weighted by atomic mass is 16.2. The fraction of sp³-hybridized carbons (Fsp3) is 0.743. The lowest BCUT2D eigenvalue weighted by atomic mass is 9.82. The van der Waals surface area contributed by atoms with Crippen LogP contribution in [-0.2, 0) is 24.0 Å². The molecule has 0 aromatic heterocycles. The average molecular weight is 688 g/mol. The maximum absolute atomic E-state index is 14.5. The normalized spacial score (nSPS) is 21.9. The molecule has 0 spiro atoms. The van der Waals surface area contributed by atoms with Crippen molar-refractivity contribution in [2.24, 2.45) is 23.2 Å². The summed E-state index contributed by atoms with van der Waals surface area (Å²) in [5.41, 5.74) is -0.539. The lowest BCUT2D eigenvalue weighted by Crippen LogP contribution is -2.61. The van der Waals surface area contributed by atoms with Gasteiger partial charge in [-0.25, -0.2) is 9.59 Å². The van der Waals surface area contributed by atoms with E-state index in [9.17, 15) is 33.6 Å². The molecule has 14 nitrogen and oxygen atoms in total. The van der Waals surface area contributed by atoms with Crippen LogP contribution >= 0.6 is 0 Å². The zero-order valence-electron chi connectivity index (χ0n) is 30.1. The average Bonchev–Trinajstić information content (AvgIpc) is 3.64. The Morgan fingerprint density at radius 3 is 2.22 bits per heavy atom. The first-order valence-corrected chi connectivity index (χ1v) is 17.8. The fourth-order valence-electron chi connectivity index (χ4n) is 7.05. The minimum Gasteiger partial charge on any atom is -0.346 e. The molecule has 0 bridgehead atoms. The Kier molecular flexibility index (Phi) is 14.2. The number of amides is 8. The fourth-order valence-corrected chi connectivity index (χ4v) is 7.05. The predicted octanol–water partition coefficient (Wildman–Crippen LogP) is 2.23. The number of urea groups is 2. The van der Waals surface area contributed by atoms with Crippen LogP contribution in [0.3, 0.4) is 0 Å². The van der Waals surface area contributed by atoms with Gasteiger partial charge in [0.1, 0.15) is 12.1 Å². The van der Waals surface area contributed by atoms with Gasteiger partial charge in [-0.3, -0.25) is 28.9 Å². The number of likely N-dealkylation sites (tertiary alicyclic amines) is 1. The monoisotopic (exact) mass is 687 g/mol. The number of rotatable bonds is 15. The van der Waals surface area contributed by atoms with Crippen molar-refractivity contribution in [3.63, 3.8) is 0 Å². The molecule has 2 aliphatic heterocycles. The van der Waals surface area contributed by atoms with Crippen LogP contribution in [0.15, 0.2) is 12.7 Å². The summed E-state index contributed by atoms with van der Waals surface area (Å²) < 4.78 is 0. The number of carbonyl (C=O) groups excluding carboxylic acids is 7. The number of nitrogens with zero attached hydrogens (tertiary/aromatic N) is 2. The molecule has 49 heavy (non-hydrogen) atoms. The van der Waals surface area contributed by atoms with E-state index in [1.807, 2.05) is 41.5 Å².